The molecule has 1 amide bonds. The lowest BCUT2D eigenvalue weighted by molar-refractivity contribution is 0.0290. The lowest BCUT2D eigenvalue weighted by Gasteiger charge is -2.35. The predicted octanol–water partition coefficient (Wildman–Crippen LogP) is 3.84. The molecule has 0 radical (unpaired) electrons. The van der Waals surface area contributed by atoms with Crippen LogP contribution in [0.25, 0.3) is 0 Å². The first-order valence-corrected chi connectivity index (χ1v) is 5.02. The van der Waals surface area contributed by atoms with Crippen molar-refractivity contribution in [2.75, 3.05) is 0 Å². The molecule has 0 aliphatic rings. The summed E-state index contributed by atoms with van der Waals surface area (Å²) in [6, 6.07) is 8.06. The van der Waals surface area contributed by atoms with Crippen LogP contribution in [-0.2, 0) is 0 Å². The molecule has 0 bridgehead atoms. The average molecular weight is 227 g/mol. The highest BCUT2D eigenvalue weighted by Crippen LogP contribution is 2.30. The number of halogens is 2. The van der Waals surface area contributed by atoms with Crippen molar-refractivity contribution < 1.29 is 13.6 Å². The van der Waals surface area contributed by atoms with Gasteiger partial charge in [0.05, 0.1) is 0 Å². The zero-order chi connectivity index (χ0) is 12.3. The molecule has 1 rings (SSSR count). The summed E-state index contributed by atoms with van der Waals surface area (Å²) in [5.41, 5.74) is -0.635. The summed E-state index contributed by atoms with van der Waals surface area (Å²) in [6.45, 7) is 4.75. The van der Waals surface area contributed by atoms with E-state index in [-0.39, 0.29) is 5.56 Å². The molecule has 88 valence electrons. The zero-order valence-electron chi connectivity index (χ0n) is 9.58. The Balaban J connectivity index is 3.02. The molecular formula is C12H15F2NO. The van der Waals surface area contributed by atoms with Crippen LogP contribution in [-0.4, -0.2) is 16.6 Å². The first-order valence-electron chi connectivity index (χ1n) is 5.02. The fourth-order valence-corrected chi connectivity index (χ4v) is 1.45. The number of amides is 1. The van der Waals surface area contributed by atoms with Crippen LogP contribution in [0, 0.1) is 0 Å². The van der Waals surface area contributed by atoms with Crippen molar-refractivity contribution in [2.45, 2.75) is 32.6 Å². The number of rotatable bonds is 2. The van der Waals surface area contributed by atoms with Gasteiger partial charge in [0.1, 0.15) is 0 Å². The van der Waals surface area contributed by atoms with Crippen molar-refractivity contribution >= 4 is 6.16 Å². The van der Waals surface area contributed by atoms with E-state index in [9.17, 15) is 13.6 Å². The van der Waals surface area contributed by atoms with E-state index in [1.54, 1.807) is 39.0 Å². The maximum Gasteiger partial charge on any atom is 0.403 e. The third-order valence-electron chi connectivity index (χ3n) is 2.21. The minimum atomic E-state index is -1.77. The quantitative estimate of drug-likeness (QED) is 0.555. The molecule has 0 aliphatic carbocycles. The van der Waals surface area contributed by atoms with Crippen LogP contribution in [0.4, 0.5) is 13.6 Å². The molecule has 0 fully saturated rings. The summed E-state index contributed by atoms with van der Waals surface area (Å²) in [7, 11) is 0. The van der Waals surface area contributed by atoms with Gasteiger partial charge >= 0.3 is 6.16 Å². The van der Waals surface area contributed by atoms with Crippen LogP contribution >= 0.6 is 0 Å². The highest BCUT2D eigenvalue weighted by atomic mass is 19.2. The topological polar surface area (TPSA) is 20.3 Å². The maximum absolute atomic E-state index is 14.0. The molecule has 0 aliphatic heterocycles. The number of carbonyl (C=O) groups excluding carboxylic acids is 1. The molecule has 4 heteroatoms. The Labute approximate surface area is 93.9 Å². The van der Waals surface area contributed by atoms with Crippen LogP contribution in [0.15, 0.2) is 30.3 Å². The van der Waals surface area contributed by atoms with Crippen molar-refractivity contribution in [1.29, 1.82) is 0 Å². The summed E-state index contributed by atoms with van der Waals surface area (Å²) >= 11 is 0. The normalized spacial score (nSPS) is 13.3. The van der Waals surface area contributed by atoms with E-state index in [0.717, 1.165) is 0 Å². The number of nitrogens with zero attached hydrogens (tertiary/aromatic N) is 1. The van der Waals surface area contributed by atoms with Gasteiger partial charge in [0, 0.05) is 11.1 Å². The number of alkyl halides is 1. The molecule has 0 saturated heterocycles. The van der Waals surface area contributed by atoms with Gasteiger partial charge in [0.2, 0.25) is 6.30 Å². The minimum absolute atomic E-state index is 0.267. The third-order valence-corrected chi connectivity index (χ3v) is 2.21. The molecule has 0 N–H and O–H groups in total. The fourth-order valence-electron chi connectivity index (χ4n) is 1.45. The van der Waals surface area contributed by atoms with Gasteiger partial charge in [0.25, 0.3) is 0 Å². The molecule has 16 heavy (non-hydrogen) atoms. The van der Waals surface area contributed by atoms with Crippen LogP contribution in [0.2, 0.25) is 0 Å². The van der Waals surface area contributed by atoms with Crippen LogP contribution in [0.1, 0.15) is 32.6 Å². The molecule has 1 atom stereocenters. The van der Waals surface area contributed by atoms with Crippen molar-refractivity contribution in [3.8, 4) is 0 Å². The molecule has 1 aromatic carbocycles. The Morgan fingerprint density at radius 1 is 1.25 bits per heavy atom. The summed E-state index contributed by atoms with van der Waals surface area (Å²) in [4.78, 5) is 11.4. The van der Waals surface area contributed by atoms with Gasteiger partial charge < -0.3 is 0 Å². The van der Waals surface area contributed by atoms with Gasteiger partial charge in [-0.15, -0.1) is 4.39 Å². The van der Waals surface area contributed by atoms with Gasteiger partial charge in [-0.1, -0.05) is 30.3 Å². The molecule has 1 aromatic rings. The predicted molar refractivity (Wildman–Crippen MR) is 58.4 cm³/mol. The molecule has 2 nitrogen and oxygen atoms in total. The van der Waals surface area contributed by atoms with E-state index in [4.69, 9.17) is 0 Å². The maximum atomic E-state index is 14.0. The highest BCUT2D eigenvalue weighted by Gasteiger charge is 2.34. The molecule has 0 aromatic heterocycles. The Morgan fingerprint density at radius 2 is 1.75 bits per heavy atom. The van der Waals surface area contributed by atoms with Crippen LogP contribution < -0.4 is 0 Å². The lowest BCUT2D eigenvalue weighted by Crippen LogP contribution is -2.44. The van der Waals surface area contributed by atoms with E-state index in [1.807, 2.05) is 0 Å². The monoisotopic (exact) mass is 227 g/mol. The molecule has 1 unspecified atom stereocenters. The summed E-state index contributed by atoms with van der Waals surface area (Å²) in [5, 5.41) is 0. The van der Waals surface area contributed by atoms with Crippen molar-refractivity contribution in [3.63, 3.8) is 0 Å². The summed E-state index contributed by atoms with van der Waals surface area (Å²) in [5.74, 6) is 0. The Hall–Kier alpha value is -1.45. The zero-order valence-corrected chi connectivity index (χ0v) is 9.58. The fraction of sp³-hybridized carbons (Fsp3) is 0.417. The van der Waals surface area contributed by atoms with Gasteiger partial charge in [-0.25, -0.2) is 9.18 Å². The number of carbonyl (C=O) groups is 1. The van der Waals surface area contributed by atoms with Gasteiger partial charge in [-0.05, 0) is 20.8 Å². The van der Waals surface area contributed by atoms with Gasteiger partial charge in [-0.2, -0.15) is 0 Å². The second-order valence-corrected chi connectivity index (χ2v) is 4.54. The Morgan fingerprint density at radius 3 is 2.12 bits per heavy atom. The SMILES string of the molecule is CC(C)(C)N(C(=O)F)C(F)c1ccccc1. The van der Waals surface area contributed by atoms with Crippen molar-refractivity contribution in [2.24, 2.45) is 0 Å². The second kappa shape index (κ2) is 4.60. The van der Waals surface area contributed by atoms with Crippen LogP contribution in [0.3, 0.4) is 0 Å². The first kappa shape index (κ1) is 12.6. The third kappa shape index (κ3) is 2.78. The standard InChI is InChI=1S/C12H15F2NO/c1-12(2,3)15(11(14)16)10(13)9-7-5-4-6-8-9/h4-8,10H,1-3H3. The first-order chi connectivity index (χ1) is 7.34. The highest BCUT2D eigenvalue weighted by molar-refractivity contribution is 5.67. The molecule has 0 heterocycles. The van der Waals surface area contributed by atoms with Gasteiger partial charge in [-0.3, -0.25) is 4.90 Å². The second-order valence-electron chi connectivity index (χ2n) is 4.54. The van der Waals surface area contributed by atoms with Crippen LogP contribution in [0.5, 0.6) is 0 Å². The smallest absolute Gasteiger partial charge is 0.275 e. The summed E-state index contributed by atoms with van der Waals surface area (Å²) in [6.07, 6.45) is -3.53. The van der Waals surface area contributed by atoms with Crippen molar-refractivity contribution in [1.82, 2.24) is 4.90 Å². The number of hydrogen-bond acceptors (Lipinski definition) is 1. The largest absolute Gasteiger partial charge is 0.403 e. The van der Waals surface area contributed by atoms with Crippen molar-refractivity contribution in [3.05, 3.63) is 35.9 Å². The minimum Gasteiger partial charge on any atom is -0.275 e. The van der Waals surface area contributed by atoms with E-state index in [2.05, 4.69) is 0 Å². The Kier molecular flexibility index (Phi) is 3.62. The molecule has 0 saturated carbocycles. The van der Waals surface area contributed by atoms with E-state index in [1.165, 1.54) is 12.1 Å². The number of benzene rings is 1. The Bertz CT molecular complexity index is 359. The van der Waals surface area contributed by atoms with E-state index in [0.29, 0.717) is 4.90 Å². The van der Waals surface area contributed by atoms with E-state index >= 15 is 0 Å². The van der Waals surface area contributed by atoms with E-state index < -0.39 is 18.0 Å². The van der Waals surface area contributed by atoms with Gasteiger partial charge in [0.15, 0.2) is 0 Å². The lowest BCUT2D eigenvalue weighted by atomic mass is 10.0. The number of hydrogen-bond donors (Lipinski definition) is 0. The molecule has 0 spiro atoms. The average Bonchev–Trinajstić information content (AvgIpc) is 2.16. The summed E-state index contributed by atoms with van der Waals surface area (Å²) < 4.78 is 26.9. The molecular weight excluding hydrogens is 212 g/mol.